The fraction of sp³-hybridized carbons (Fsp3) is 0.400. The van der Waals surface area contributed by atoms with Crippen LogP contribution in [0, 0.1) is 12.8 Å². The minimum atomic E-state index is -0.192. The van der Waals surface area contributed by atoms with Crippen LogP contribution in [0.5, 0.6) is 11.5 Å². The molecule has 0 saturated carbocycles. The van der Waals surface area contributed by atoms with Crippen molar-refractivity contribution >= 4 is 23.6 Å². The molecular weight excluding hydrogens is 366 g/mol. The van der Waals surface area contributed by atoms with Crippen molar-refractivity contribution in [3.63, 3.8) is 0 Å². The molecule has 1 N–H and O–H groups in total. The third-order valence-electron chi connectivity index (χ3n) is 4.49. The highest BCUT2D eigenvalue weighted by Crippen LogP contribution is 2.34. The quantitative estimate of drug-likeness (QED) is 0.792. The molecule has 0 spiro atoms. The molecule has 1 aromatic carbocycles. The zero-order chi connectivity index (χ0) is 19.6. The van der Waals surface area contributed by atoms with Crippen LogP contribution in [0.25, 0.3) is 6.08 Å². The van der Waals surface area contributed by atoms with Gasteiger partial charge in [0.15, 0.2) is 11.5 Å². The average molecular weight is 390 g/mol. The number of aryl methyl sites for hydroxylation is 2. The fourth-order valence-corrected chi connectivity index (χ4v) is 3.32. The molecule has 6 nitrogen and oxygen atoms in total. The minimum Gasteiger partial charge on any atom is -0.486 e. The number of fused-ring (bicyclic) bond motifs is 1. The molecule has 144 valence electrons. The van der Waals surface area contributed by atoms with E-state index in [0.29, 0.717) is 24.1 Å². The standard InChI is InChI=1S/C20H24ClN3O3/c1-12(2)19(14-5-7-16-17(11-14)27-10-9-26-16)22-18(25)8-6-15-13(3)23-24(4)20(15)21/h5-8,11-12,19H,9-10H2,1-4H3,(H,22,25)/b8-6+. The Morgan fingerprint density at radius 3 is 2.63 bits per heavy atom. The second-order valence-electron chi connectivity index (χ2n) is 6.88. The van der Waals surface area contributed by atoms with Crippen molar-refractivity contribution in [2.75, 3.05) is 13.2 Å². The van der Waals surface area contributed by atoms with Crippen molar-refractivity contribution in [1.29, 1.82) is 0 Å². The smallest absolute Gasteiger partial charge is 0.244 e. The largest absolute Gasteiger partial charge is 0.486 e. The van der Waals surface area contributed by atoms with Crippen LogP contribution < -0.4 is 14.8 Å². The first kappa shape index (κ1) is 19.3. The number of carbonyl (C=O) groups excluding carboxylic acids is 1. The number of halogens is 1. The molecule has 1 amide bonds. The second kappa shape index (κ2) is 8.05. The number of carbonyl (C=O) groups is 1. The van der Waals surface area contributed by atoms with Crippen LogP contribution in [-0.2, 0) is 11.8 Å². The summed E-state index contributed by atoms with van der Waals surface area (Å²) in [5, 5.41) is 7.81. The van der Waals surface area contributed by atoms with Gasteiger partial charge >= 0.3 is 0 Å². The van der Waals surface area contributed by atoms with E-state index in [1.165, 1.54) is 6.08 Å². The number of nitrogens with one attached hydrogen (secondary N) is 1. The van der Waals surface area contributed by atoms with Crippen LogP contribution in [0.1, 0.15) is 36.7 Å². The third kappa shape index (κ3) is 4.27. The molecule has 1 atom stereocenters. The molecule has 1 unspecified atom stereocenters. The number of nitrogens with zero attached hydrogens (tertiary/aromatic N) is 2. The topological polar surface area (TPSA) is 65.4 Å². The van der Waals surface area contributed by atoms with Crippen LogP contribution >= 0.6 is 11.6 Å². The van der Waals surface area contributed by atoms with Gasteiger partial charge in [0, 0.05) is 18.7 Å². The van der Waals surface area contributed by atoms with Crippen molar-refractivity contribution in [1.82, 2.24) is 15.1 Å². The van der Waals surface area contributed by atoms with Gasteiger partial charge in [-0.25, -0.2) is 0 Å². The first-order chi connectivity index (χ1) is 12.9. The van der Waals surface area contributed by atoms with E-state index in [1.54, 1.807) is 17.8 Å². The molecule has 2 heterocycles. The Bertz CT molecular complexity index is 874. The van der Waals surface area contributed by atoms with Crippen molar-refractivity contribution < 1.29 is 14.3 Å². The summed E-state index contributed by atoms with van der Waals surface area (Å²) in [5.74, 6) is 1.46. The number of amides is 1. The van der Waals surface area contributed by atoms with Gasteiger partial charge in [0.05, 0.1) is 11.7 Å². The molecule has 2 aromatic rings. The van der Waals surface area contributed by atoms with Gasteiger partial charge in [0.1, 0.15) is 18.4 Å². The van der Waals surface area contributed by atoms with Crippen LogP contribution in [0.4, 0.5) is 0 Å². The van der Waals surface area contributed by atoms with Gasteiger partial charge in [0.2, 0.25) is 5.91 Å². The van der Waals surface area contributed by atoms with E-state index < -0.39 is 0 Å². The molecule has 0 bridgehead atoms. The number of benzene rings is 1. The van der Waals surface area contributed by atoms with Crippen molar-refractivity contribution in [3.8, 4) is 11.5 Å². The van der Waals surface area contributed by atoms with E-state index in [1.807, 2.05) is 25.1 Å². The molecule has 3 rings (SSSR count). The zero-order valence-corrected chi connectivity index (χ0v) is 16.7. The molecule has 27 heavy (non-hydrogen) atoms. The Balaban J connectivity index is 1.76. The molecule has 0 fully saturated rings. The minimum absolute atomic E-state index is 0.150. The van der Waals surface area contributed by atoms with Crippen LogP contribution in [0.15, 0.2) is 24.3 Å². The Morgan fingerprint density at radius 2 is 2.00 bits per heavy atom. The number of rotatable bonds is 5. The van der Waals surface area contributed by atoms with Gasteiger partial charge in [-0.2, -0.15) is 5.10 Å². The third-order valence-corrected chi connectivity index (χ3v) is 4.94. The van der Waals surface area contributed by atoms with E-state index >= 15 is 0 Å². The lowest BCUT2D eigenvalue weighted by Crippen LogP contribution is -2.30. The van der Waals surface area contributed by atoms with Crippen molar-refractivity contribution in [2.24, 2.45) is 13.0 Å². The second-order valence-corrected chi connectivity index (χ2v) is 7.24. The Hall–Kier alpha value is -2.47. The van der Waals surface area contributed by atoms with E-state index in [9.17, 15) is 4.79 Å². The molecule has 7 heteroatoms. The van der Waals surface area contributed by atoms with E-state index in [4.69, 9.17) is 21.1 Å². The Kier molecular flexibility index (Phi) is 5.75. The average Bonchev–Trinajstić information content (AvgIpc) is 2.89. The summed E-state index contributed by atoms with van der Waals surface area (Å²) >= 11 is 6.21. The summed E-state index contributed by atoms with van der Waals surface area (Å²) in [6.07, 6.45) is 3.19. The maximum Gasteiger partial charge on any atom is 0.244 e. The van der Waals surface area contributed by atoms with Gasteiger partial charge in [-0.1, -0.05) is 31.5 Å². The van der Waals surface area contributed by atoms with Crippen molar-refractivity contribution in [3.05, 3.63) is 46.2 Å². The lowest BCUT2D eigenvalue weighted by molar-refractivity contribution is -0.117. The van der Waals surface area contributed by atoms with Gasteiger partial charge in [-0.3, -0.25) is 9.48 Å². The molecule has 1 aliphatic heterocycles. The van der Waals surface area contributed by atoms with E-state index in [-0.39, 0.29) is 17.9 Å². The molecule has 0 saturated heterocycles. The van der Waals surface area contributed by atoms with Gasteiger partial charge in [-0.15, -0.1) is 0 Å². The molecular formula is C20H24ClN3O3. The Morgan fingerprint density at radius 1 is 1.30 bits per heavy atom. The first-order valence-corrected chi connectivity index (χ1v) is 9.32. The fourth-order valence-electron chi connectivity index (χ4n) is 3.08. The normalized spacial score (nSPS) is 14.6. The summed E-state index contributed by atoms with van der Waals surface area (Å²) in [4.78, 5) is 12.5. The maximum absolute atomic E-state index is 12.5. The van der Waals surface area contributed by atoms with Crippen molar-refractivity contribution in [2.45, 2.75) is 26.8 Å². The monoisotopic (exact) mass is 389 g/mol. The summed E-state index contributed by atoms with van der Waals surface area (Å²) < 4.78 is 12.8. The molecule has 0 aliphatic carbocycles. The maximum atomic E-state index is 12.5. The molecule has 0 radical (unpaired) electrons. The highest BCUT2D eigenvalue weighted by atomic mass is 35.5. The summed E-state index contributed by atoms with van der Waals surface area (Å²) in [7, 11) is 1.77. The summed E-state index contributed by atoms with van der Waals surface area (Å²) in [6.45, 7) is 7.07. The number of aromatic nitrogens is 2. The number of hydrogen-bond donors (Lipinski definition) is 1. The van der Waals surface area contributed by atoms with E-state index in [0.717, 1.165) is 22.6 Å². The van der Waals surface area contributed by atoms with Crippen LogP contribution in [-0.4, -0.2) is 28.9 Å². The van der Waals surface area contributed by atoms with Gasteiger partial charge in [-0.05, 0) is 36.6 Å². The highest BCUT2D eigenvalue weighted by molar-refractivity contribution is 6.31. The predicted octanol–water partition coefficient (Wildman–Crippen LogP) is 3.68. The summed E-state index contributed by atoms with van der Waals surface area (Å²) in [6, 6.07) is 5.64. The lowest BCUT2D eigenvalue weighted by atomic mass is 9.95. The van der Waals surface area contributed by atoms with Gasteiger partial charge in [0.25, 0.3) is 0 Å². The predicted molar refractivity (Wildman–Crippen MR) is 105 cm³/mol. The molecule has 1 aromatic heterocycles. The number of ether oxygens (including phenoxy) is 2. The van der Waals surface area contributed by atoms with Crippen LogP contribution in [0.2, 0.25) is 5.15 Å². The Labute approximate surface area is 164 Å². The highest BCUT2D eigenvalue weighted by Gasteiger charge is 2.21. The zero-order valence-electron chi connectivity index (χ0n) is 16.0. The SMILES string of the molecule is Cc1nn(C)c(Cl)c1/C=C/C(=O)NC(c1ccc2c(c1)OCCO2)C(C)C. The molecule has 1 aliphatic rings. The summed E-state index contributed by atoms with van der Waals surface area (Å²) in [5.41, 5.74) is 2.50. The first-order valence-electron chi connectivity index (χ1n) is 8.94. The van der Waals surface area contributed by atoms with E-state index in [2.05, 4.69) is 24.3 Å². The van der Waals surface area contributed by atoms with Gasteiger partial charge < -0.3 is 14.8 Å². The number of hydrogen-bond acceptors (Lipinski definition) is 4. The lowest BCUT2D eigenvalue weighted by Gasteiger charge is -2.25. The van der Waals surface area contributed by atoms with Crippen LogP contribution in [0.3, 0.4) is 0 Å².